The normalized spacial score (nSPS) is 11.4. The van der Waals surface area contributed by atoms with Crippen molar-refractivity contribution in [1.29, 1.82) is 0 Å². The Bertz CT molecular complexity index is 1530. The van der Waals surface area contributed by atoms with Gasteiger partial charge in [0.25, 0.3) is 10.1 Å². The van der Waals surface area contributed by atoms with Crippen molar-refractivity contribution in [2.45, 2.75) is 65.2 Å². The van der Waals surface area contributed by atoms with Crippen LogP contribution < -0.4 is 20.1 Å². The van der Waals surface area contributed by atoms with Crippen LogP contribution in [0, 0.1) is 11.6 Å². The maximum Gasteiger partial charge on any atom is 0.261 e. The van der Waals surface area contributed by atoms with Crippen molar-refractivity contribution in [3.05, 3.63) is 83.4 Å². The number of benzene rings is 4. The maximum absolute atomic E-state index is 14.8. The van der Waals surface area contributed by atoms with Crippen molar-refractivity contribution in [3.8, 4) is 11.5 Å². The zero-order chi connectivity index (χ0) is 34.1. The van der Waals surface area contributed by atoms with Crippen molar-refractivity contribution < 1.29 is 31.2 Å². The van der Waals surface area contributed by atoms with E-state index in [-0.39, 0.29) is 11.6 Å². The van der Waals surface area contributed by atoms with E-state index in [0.717, 1.165) is 98.1 Å². The Morgan fingerprint density at radius 1 is 0.638 bits per heavy atom. The summed E-state index contributed by atoms with van der Waals surface area (Å²) in [6.45, 7) is 8.89. The van der Waals surface area contributed by atoms with E-state index in [1.165, 1.54) is 0 Å². The molecule has 4 aromatic carbocycles. The van der Waals surface area contributed by atoms with Crippen LogP contribution in [-0.4, -0.2) is 58.6 Å². The molecule has 0 saturated carbocycles. The Hall–Kier alpha value is -3.31. The fourth-order valence-electron chi connectivity index (χ4n) is 5.26. The van der Waals surface area contributed by atoms with Crippen LogP contribution in [0.15, 0.2) is 60.7 Å². The molecule has 3 N–H and O–H groups in total. The molecule has 47 heavy (non-hydrogen) atoms. The lowest BCUT2D eigenvalue weighted by Crippen LogP contribution is -2.22. The molecule has 0 heterocycles. The molecule has 0 aliphatic carbocycles. The number of rotatable bonds is 19. The highest BCUT2D eigenvalue weighted by Gasteiger charge is 2.14. The van der Waals surface area contributed by atoms with Gasteiger partial charge in [-0.05, 0) is 88.0 Å². The molecule has 7 nitrogen and oxygen atoms in total. The minimum Gasteiger partial charge on any atom is -0.493 e. The molecule has 10 heteroatoms. The topological polar surface area (TPSA) is 96.9 Å². The number of ether oxygens (including phenoxy) is 2. The molecule has 0 saturated heterocycles. The molecule has 258 valence electrons. The van der Waals surface area contributed by atoms with Crippen LogP contribution in [0.3, 0.4) is 0 Å². The van der Waals surface area contributed by atoms with Gasteiger partial charge in [0, 0.05) is 21.5 Å². The molecule has 0 aliphatic rings. The maximum atomic E-state index is 14.8. The molecule has 0 atom stereocenters. The Morgan fingerprint density at radius 3 is 1.36 bits per heavy atom. The quantitative estimate of drug-likeness (QED) is 0.0689. The Kier molecular flexibility index (Phi) is 16.3. The second-order valence-corrected chi connectivity index (χ2v) is 13.1. The summed E-state index contributed by atoms with van der Waals surface area (Å²) >= 11 is 0. The van der Waals surface area contributed by atoms with Gasteiger partial charge in [0.2, 0.25) is 0 Å². The van der Waals surface area contributed by atoms with E-state index in [2.05, 4.69) is 24.5 Å². The van der Waals surface area contributed by atoms with Gasteiger partial charge in [-0.15, -0.1) is 0 Å². The summed E-state index contributed by atoms with van der Waals surface area (Å²) in [5, 5.41) is 9.92. The van der Waals surface area contributed by atoms with Crippen LogP contribution in [0.2, 0.25) is 0 Å². The predicted molar refractivity (Wildman–Crippen MR) is 188 cm³/mol. The second kappa shape index (κ2) is 20.1. The number of hydrogen-bond donors (Lipinski definition) is 3. The predicted octanol–water partition coefficient (Wildman–Crippen LogP) is 7.88. The van der Waals surface area contributed by atoms with E-state index in [9.17, 15) is 17.2 Å². The molecular weight excluding hydrogens is 622 g/mol. The zero-order valence-electron chi connectivity index (χ0n) is 27.9. The third kappa shape index (κ3) is 13.0. The molecule has 0 fully saturated rings. The minimum atomic E-state index is -3.67. The van der Waals surface area contributed by atoms with Gasteiger partial charge >= 0.3 is 0 Å². The van der Waals surface area contributed by atoms with E-state index in [0.29, 0.717) is 43.1 Å². The third-order valence-electron chi connectivity index (χ3n) is 7.63. The van der Waals surface area contributed by atoms with Gasteiger partial charge in [-0.3, -0.25) is 4.55 Å². The van der Waals surface area contributed by atoms with Crippen molar-refractivity contribution in [1.82, 2.24) is 10.6 Å². The molecule has 4 rings (SSSR count). The molecular formula is C37H50F2N2O5S. The first-order valence-corrected chi connectivity index (χ1v) is 18.5. The molecule has 0 spiro atoms. The van der Waals surface area contributed by atoms with E-state index in [1.807, 2.05) is 48.5 Å². The summed E-state index contributed by atoms with van der Waals surface area (Å²) in [5.74, 6) is 1.24. The van der Waals surface area contributed by atoms with Crippen LogP contribution in [-0.2, 0) is 23.0 Å². The summed E-state index contributed by atoms with van der Waals surface area (Å²) in [4.78, 5) is 0. The van der Waals surface area contributed by atoms with Gasteiger partial charge < -0.3 is 20.1 Å². The lowest BCUT2D eigenvalue weighted by molar-refractivity contribution is 0.309. The van der Waals surface area contributed by atoms with Crippen LogP contribution >= 0.6 is 0 Å². The van der Waals surface area contributed by atoms with Gasteiger partial charge in [0.1, 0.15) is 23.1 Å². The minimum absolute atomic E-state index is 0.194. The van der Waals surface area contributed by atoms with E-state index in [1.54, 1.807) is 12.1 Å². The standard InChI is InChI=1S/C36H46F2N2O2.CH4O3S/c1-3-5-23-41-35-27(25-33(37)29-13-7-9-15-31(29)35)17-21-39-19-11-12-20-40-22-18-28-26-34(38)30-14-8-10-16-32(30)36(28)42-24-6-4-2;1-5(2,3)4/h7-10,13-16,25-26,39-40H,3-6,11-12,17-24H2,1-2H3;1H3,(H,2,3,4). The van der Waals surface area contributed by atoms with E-state index >= 15 is 0 Å². The van der Waals surface area contributed by atoms with Crippen molar-refractivity contribution in [3.63, 3.8) is 0 Å². The highest BCUT2D eigenvalue weighted by atomic mass is 32.2. The molecule has 0 aromatic heterocycles. The number of hydrogen-bond acceptors (Lipinski definition) is 6. The first-order chi connectivity index (χ1) is 22.6. The Morgan fingerprint density at radius 2 is 1.00 bits per heavy atom. The van der Waals surface area contributed by atoms with Gasteiger partial charge in [0.15, 0.2) is 0 Å². The number of fused-ring (bicyclic) bond motifs is 2. The van der Waals surface area contributed by atoms with Gasteiger partial charge in [-0.25, -0.2) is 8.78 Å². The fourth-order valence-corrected chi connectivity index (χ4v) is 5.26. The van der Waals surface area contributed by atoms with Crippen molar-refractivity contribution >= 4 is 31.7 Å². The second-order valence-electron chi connectivity index (χ2n) is 11.6. The average molecular weight is 673 g/mol. The van der Waals surface area contributed by atoms with E-state index in [4.69, 9.17) is 14.0 Å². The smallest absolute Gasteiger partial charge is 0.261 e. The van der Waals surface area contributed by atoms with Gasteiger partial charge in [0.05, 0.1) is 19.5 Å². The van der Waals surface area contributed by atoms with Crippen molar-refractivity contribution in [2.75, 3.05) is 45.6 Å². The SMILES string of the molecule is CCCCOc1c(CCNCCCCNCCc2cc(F)c3ccccc3c2OCCCC)cc(F)c2ccccc12.CS(=O)(=O)O. The highest BCUT2D eigenvalue weighted by Crippen LogP contribution is 2.34. The molecule has 0 amide bonds. The average Bonchev–Trinajstić information content (AvgIpc) is 3.04. The van der Waals surface area contributed by atoms with Crippen LogP contribution in [0.5, 0.6) is 11.5 Å². The monoisotopic (exact) mass is 672 g/mol. The highest BCUT2D eigenvalue weighted by molar-refractivity contribution is 7.85. The number of halogens is 2. The molecule has 0 unspecified atom stereocenters. The van der Waals surface area contributed by atoms with Gasteiger partial charge in [-0.1, -0.05) is 75.2 Å². The number of unbranched alkanes of at least 4 members (excludes halogenated alkanes) is 3. The molecule has 4 aromatic rings. The summed E-state index contributed by atoms with van der Waals surface area (Å²) in [6, 6.07) is 18.4. The lowest BCUT2D eigenvalue weighted by atomic mass is 10.0. The number of nitrogens with one attached hydrogen (secondary N) is 2. The summed E-state index contributed by atoms with van der Waals surface area (Å²) in [6.07, 6.45) is 8.29. The molecule has 0 aliphatic heterocycles. The lowest BCUT2D eigenvalue weighted by Gasteiger charge is -2.16. The fraction of sp³-hybridized carbons (Fsp3) is 0.459. The van der Waals surface area contributed by atoms with Gasteiger partial charge in [-0.2, -0.15) is 8.42 Å². The van der Waals surface area contributed by atoms with Crippen LogP contribution in [0.4, 0.5) is 8.78 Å². The zero-order valence-corrected chi connectivity index (χ0v) is 28.7. The first-order valence-electron chi connectivity index (χ1n) is 16.6. The first kappa shape index (κ1) is 38.1. The summed E-state index contributed by atoms with van der Waals surface area (Å²) in [7, 11) is -3.67. The van der Waals surface area contributed by atoms with Crippen molar-refractivity contribution in [2.24, 2.45) is 0 Å². The largest absolute Gasteiger partial charge is 0.493 e. The summed E-state index contributed by atoms with van der Waals surface area (Å²) in [5.41, 5.74) is 1.83. The van der Waals surface area contributed by atoms with Crippen LogP contribution in [0.1, 0.15) is 63.5 Å². The third-order valence-corrected chi connectivity index (χ3v) is 7.63. The molecule has 0 radical (unpaired) electrons. The Balaban J connectivity index is 0.00000111. The van der Waals surface area contributed by atoms with Crippen LogP contribution in [0.25, 0.3) is 21.5 Å². The Labute approximate surface area is 278 Å². The van der Waals surface area contributed by atoms with E-state index < -0.39 is 10.1 Å². The summed E-state index contributed by atoms with van der Waals surface area (Å²) < 4.78 is 67.7. The molecule has 0 bridgehead atoms.